The molecule has 2 N–H and O–H groups in total. The van der Waals surface area contributed by atoms with Gasteiger partial charge in [-0.05, 0) is 43.0 Å². The van der Waals surface area contributed by atoms with Gasteiger partial charge in [0.25, 0.3) is 5.91 Å². The largest absolute Gasteiger partial charge is 0.490 e. The lowest BCUT2D eigenvalue weighted by molar-refractivity contribution is -0.115. The predicted octanol–water partition coefficient (Wildman–Crippen LogP) is 3.18. The number of nitrogens with one attached hydrogen (secondary N) is 2. The average Bonchev–Trinajstić information content (AvgIpc) is 3.25. The number of rotatable bonds is 8. The quantitative estimate of drug-likeness (QED) is 0.735. The molecule has 2 amide bonds. The minimum absolute atomic E-state index is 0.0699. The van der Waals surface area contributed by atoms with Crippen LogP contribution in [-0.2, 0) is 16.0 Å². The fourth-order valence-electron chi connectivity index (χ4n) is 3.14. The lowest BCUT2D eigenvalue weighted by atomic mass is 10.1. The van der Waals surface area contributed by atoms with E-state index in [1.165, 1.54) is 0 Å². The highest BCUT2D eigenvalue weighted by Crippen LogP contribution is 2.20. The van der Waals surface area contributed by atoms with E-state index < -0.39 is 0 Å². The number of anilines is 1. The fourth-order valence-corrected chi connectivity index (χ4v) is 3.14. The summed E-state index contributed by atoms with van der Waals surface area (Å²) in [7, 11) is 0. The maximum atomic E-state index is 12.5. The molecule has 28 heavy (non-hydrogen) atoms. The molecule has 1 aliphatic heterocycles. The molecule has 0 spiro atoms. The number of para-hydroxylation sites is 2. The highest BCUT2D eigenvalue weighted by atomic mass is 16.5. The number of ether oxygens (including phenoxy) is 2. The summed E-state index contributed by atoms with van der Waals surface area (Å²) < 4.78 is 11.3. The Bertz CT molecular complexity index is 816. The van der Waals surface area contributed by atoms with Crippen molar-refractivity contribution in [1.29, 1.82) is 0 Å². The molecule has 1 atom stereocenters. The lowest BCUT2D eigenvalue weighted by Crippen LogP contribution is -2.33. The second kappa shape index (κ2) is 9.90. The molecule has 6 heteroatoms. The van der Waals surface area contributed by atoms with Crippen molar-refractivity contribution in [3.8, 4) is 5.75 Å². The third kappa shape index (κ3) is 5.33. The molecule has 2 aromatic rings. The molecule has 1 unspecified atom stereocenters. The van der Waals surface area contributed by atoms with E-state index in [1.807, 2.05) is 37.3 Å². The van der Waals surface area contributed by atoms with E-state index in [0.29, 0.717) is 17.9 Å². The normalized spacial score (nSPS) is 15.8. The average molecular weight is 382 g/mol. The molecule has 148 valence electrons. The number of amides is 2. The van der Waals surface area contributed by atoms with E-state index in [4.69, 9.17) is 9.47 Å². The second-order valence-corrected chi connectivity index (χ2v) is 6.68. The molecule has 0 saturated carbocycles. The molecular weight excluding hydrogens is 356 g/mol. The zero-order valence-electron chi connectivity index (χ0n) is 16.1. The van der Waals surface area contributed by atoms with Crippen LogP contribution in [0.2, 0.25) is 0 Å². The number of carbonyl (C=O) groups excluding carboxylic acids is 2. The Morgan fingerprint density at radius 2 is 1.93 bits per heavy atom. The SMILES string of the molecule is CCc1ccccc1NC(=O)CNC(=O)c1ccccc1OCC1CCCO1. The van der Waals surface area contributed by atoms with Crippen LogP contribution in [0, 0.1) is 0 Å². The molecule has 1 saturated heterocycles. The van der Waals surface area contributed by atoms with Crippen LogP contribution < -0.4 is 15.4 Å². The third-order valence-corrected chi connectivity index (χ3v) is 4.66. The first-order chi connectivity index (χ1) is 13.7. The maximum Gasteiger partial charge on any atom is 0.255 e. The fraction of sp³-hybridized carbons (Fsp3) is 0.364. The van der Waals surface area contributed by atoms with Gasteiger partial charge >= 0.3 is 0 Å². The van der Waals surface area contributed by atoms with Gasteiger partial charge in [0.15, 0.2) is 0 Å². The molecule has 1 aliphatic rings. The molecule has 2 aromatic carbocycles. The van der Waals surface area contributed by atoms with Gasteiger partial charge in [-0.1, -0.05) is 37.3 Å². The van der Waals surface area contributed by atoms with Crippen molar-refractivity contribution in [1.82, 2.24) is 5.32 Å². The standard InChI is InChI=1S/C22H26N2O4/c1-2-16-8-3-5-11-19(16)24-21(25)14-23-22(26)18-10-4-6-12-20(18)28-15-17-9-7-13-27-17/h3-6,8,10-12,17H,2,7,9,13-15H2,1H3,(H,23,26)(H,24,25). The lowest BCUT2D eigenvalue weighted by Gasteiger charge is -2.15. The van der Waals surface area contributed by atoms with E-state index in [9.17, 15) is 9.59 Å². The van der Waals surface area contributed by atoms with Crippen molar-refractivity contribution in [3.63, 3.8) is 0 Å². The summed E-state index contributed by atoms with van der Waals surface area (Å²) in [6.45, 7) is 3.09. The topological polar surface area (TPSA) is 76.7 Å². The first kappa shape index (κ1) is 19.9. The van der Waals surface area contributed by atoms with Gasteiger partial charge in [0.05, 0.1) is 18.2 Å². The molecule has 0 aromatic heterocycles. The van der Waals surface area contributed by atoms with Gasteiger partial charge in [-0.2, -0.15) is 0 Å². The van der Waals surface area contributed by atoms with Gasteiger partial charge in [0, 0.05) is 12.3 Å². The molecule has 0 aliphatic carbocycles. The summed E-state index contributed by atoms with van der Waals surface area (Å²) in [4.78, 5) is 24.8. The first-order valence-corrected chi connectivity index (χ1v) is 9.66. The van der Waals surface area contributed by atoms with Crippen LogP contribution in [0.4, 0.5) is 5.69 Å². The Hall–Kier alpha value is -2.86. The summed E-state index contributed by atoms with van der Waals surface area (Å²) in [6.07, 6.45) is 2.89. The molecule has 0 bridgehead atoms. The Labute approximate surface area is 165 Å². The van der Waals surface area contributed by atoms with Gasteiger partial charge in [-0.15, -0.1) is 0 Å². The van der Waals surface area contributed by atoms with Crippen LogP contribution in [0.1, 0.15) is 35.7 Å². The van der Waals surface area contributed by atoms with Crippen LogP contribution in [0.25, 0.3) is 0 Å². The molecule has 0 radical (unpaired) electrons. The van der Waals surface area contributed by atoms with E-state index in [2.05, 4.69) is 10.6 Å². The molecule has 1 heterocycles. The second-order valence-electron chi connectivity index (χ2n) is 6.68. The number of benzene rings is 2. The first-order valence-electron chi connectivity index (χ1n) is 9.66. The van der Waals surface area contributed by atoms with Gasteiger partial charge in [0.2, 0.25) is 5.91 Å². The number of aryl methyl sites for hydroxylation is 1. The minimum atomic E-state index is -0.345. The van der Waals surface area contributed by atoms with Gasteiger partial charge in [0.1, 0.15) is 12.4 Å². The Morgan fingerprint density at radius 1 is 1.14 bits per heavy atom. The number of hydrogen-bond acceptors (Lipinski definition) is 4. The number of carbonyl (C=O) groups is 2. The Kier molecular flexibility index (Phi) is 7.03. The third-order valence-electron chi connectivity index (χ3n) is 4.66. The highest BCUT2D eigenvalue weighted by Gasteiger charge is 2.18. The van der Waals surface area contributed by atoms with Gasteiger partial charge in [-0.3, -0.25) is 9.59 Å². The van der Waals surface area contributed by atoms with Gasteiger partial charge < -0.3 is 20.1 Å². The van der Waals surface area contributed by atoms with E-state index in [0.717, 1.165) is 37.1 Å². The van der Waals surface area contributed by atoms with Gasteiger partial charge in [-0.25, -0.2) is 0 Å². The zero-order valence-corrected chi connectivity index (χ0v) is 16.1. The van der Waals surface area contributed by atoms with Crippen molar-refractivity contribution >= 4 is 17.5 Å². The highest BCUT2D eigenvalue weighted by molar-refractivity contribution is 6.01. The predicted molar refractivity (Wildman–Crippen MR) is 108 cm³/mol. The molecule has 1 fully saturated rings. The van der Waals surface area contributed by atoms with E-state index in [1.54, 1.807) is 18.2 Å². The maximum absolute atomic E-state index is 12.5. The summed E-state index contributed by atoms with van der Waals surface area (Å²) in [5.74, 6) is -0.124. The Balaban J connectivity index is 1.55. The van der Waals surface area contributed by atoms with Crippen LogP contribution in [0.15, 0.2) is 48.5 Å². The monoisotopic (exact) mass is 382 g/mol. The van der Waals surface area contributed by atoms with Crippen molar-refractivity contribution < 1.29 is 19.1 Å². The molecule has 3 rings (SSSR count). The summed E-state index contributed by atoms with van der Waals surface area (Å²) in [6, 6.07) is 14.6. The summed E-state index contributed by atoms with van der Waals surface area (Å²) in [5.41, 5.74) is 2.22. The van der Waals surface area contributed by atoms with E-state index in [-0.39, 0.29) is 24.5 Å². The van der Waals surface area contributed by atoms with Crippen LogP contribution in [0.3, 0.4) is 0 Å². The molecular formula is C22H26N2O4. The van der Waals surface area contributed by atoms with Crippen LogP contribution >= 0.6 is 0 Å². The van der Waals surface area contributed by atoms with Crippen molar-refractivity contribution in [3.05, 3.63) is 59.7 Å². The van der Waals surface area contributed by atoms with E-state index >= 15 is 0 Å². The van der Waals surface area contributed by atoms with Crippen molar-refractivity contribution in [2.45, 2.75) is 32.3 Å². The van der Waals surface area contributed by atoms with Crippen LogP contribution in [0.5, 0.6) is 5.75 Å². The molecule has 6 nitrogen and oxygen atoms in total. The smallest absolute Gasteiger partial charge is 0.255 e. The zero-order chi connectivity index (χ0) is 19.8. The summed E-state index contributed by atoms with van der Waals surface area (Å²) >= 11 is 0. The van der Waals surface area contributed by atoms with Crippen LogP contribution in [-0.4, -0.2) is 37.7 Å². The number of hydrogen-bond donors (Lipinski definition) is 2. The van der Waals surface area contributed by atoms with Crippen molar-refractivity contribution in [2.24, 2.45) is 0 Å². The summed E-state index contributed by atoms with van der Waals surface area (Å²) in [5, 5.41) is 5.51. The Morgan fingerprint density at radius 3 is 2.71 bits per heavy atom. The van der Waals surface area contributed by atoms with Crippen molar-refractivity contribution in [2.75, 3.05) is 25.1 Å². The minimum Gasteiger partial charge on any atom is -0.490 e.